The fraction of sp³-hybridized carbons (Fsp3) is 0.278. The molecule has 2 aromatic carbocycles. The SMILES string of the molecule is O=C(CSc1ccccc1)N1CCCc2cc(C(F)(F)F)ccc21. The van der Waals surface area contributed by atoms with Gasteiger partial charge in [0.25, 0.3) is 0 Å². The maximum Gasteiger partial charge on any atom is 0.416 e. The highest BCUT2D eigenvalue weighted by molar-refractivity contribution is 8.00. The summed E-state index contributed by atoms with van der Waals surface area (Å²) in [7, 11) is 0. The first-order chi connectivity index (χ1) is 11.4. The average Bonchev–Trinajstić information content (AvgIpc) is 2.58. The van der Waals surface area contributed by atoms with Crippen molar-refractivity contribution < 1.29 is 18.0 Å². The lowest BCUT2D eigenvalue weighted by Crippen LogP contribution is -2.36. The third-order valence-corrected chi connectivity index (χ3v) is 4.93. The lowest BCUT2D eigenvalue weighted by atomic mass is 9.99. The molecule has 6 heteroatoms. The van der Waals surface area contributed by atoms with E-state index in [1.54, 1.807) is 4.90 Å². The van der Waals surface area contributed by atoms with E-state index in [1.165, 1.54) is 23.9 Å². The number of alkyl halides is 3. The molecule has 0 atom stereocenters. The van der Waals surface area contributed by atoms with E-state index in [9.17, 15) is 18.0 Å². The maximum atomic E-state index is 12.8. The van der Waals surface area contributed by atoms with Gasteiger partial charge in [-0.15, -0.1) is 11.8 Å². The fourth-order valence-electron chi connectivity index (χ4n) is 2.77. The monoisotopic (exact) mass is 351 g/mol. The van der Waals surface area contributed by atoms with Crippen molar-refractivity contribution in [1.82, 2.24) is 0 Å². The summed E-state index contributed by atoms with van der Waals surface area (Å²) in [5.41, 5.74) is 0.538. The molecule has 0 saturated heterocycles. The molecule has 1 heterocycles. The number of aryl methyl sites for hydroxylation is 1. The van der Waals surface area contributed by atoms with Gasteiger partial charge in [-0.05, 0) is 48.7 Å². The molecule has 0 unspecified atom stereocenters. The molecule has 0 fully saturated rings. The van der Waals surface area contributed by atoms with Crippen LogP contribution in [0, 0.1) is 0 Å². The quantitative estimate of drug-likeness (QED) is 0.742. The molecule has 0 aromatic heterocycles. The van der Waals surface area contributed by atoms with Crippen LogP contribution < -0.4 is 4.90 Å². The Labute approximate surface area is 142 Å². The summed E-state index contributed by atoms with van der Waals surface area (Å²) < 4.78 is 38.5. The van der Waals surface area contributed by atoms with E-state index in [0.29, 0.717) is 30.6 Å². The summed E-state index contributed by atoms with van der Waals surface area (Å²) in [5, 5.41) is 0. The Kier molecular flexibility index (Phi) is 4.85. The summed E-state index contributed by atoms with van der Waals surface area (Å²) in [6.07, 6.45) is -3.12. The van der Waals surface area contributed by atoms with Gasteiger partial charge in [0.15, 0.2) is 0 Å². The third-order valence-electron chi connectivity index (χ3n) is 3.93. The van der Waals surface area contributed by atoms with Gasteiger partial charge in [-0.1, -0.05) is 18.2 Å². The van der Waals surface area contributed by atoms with Crippen molar-refractivity contribution in [1.29, 1.82) is 0 Å². The van der Waals surface area contributed by atoms with E-state index >= 15 is 0 Å². The molecule has 0 spiro atoms. The van der Waals surface area contributed by atoms with Gasteiger partial charge in [-0.25, -0.2) is 0 Å². The molecular formula is C18H16F3NOS. The number of nitrogens with zero attached hydrogens (tertiary/aromatic N) is 1. The summed E-state index contributed by atoms with van der Waals surface area (Å²) in [6, 6.07) is 13.2. The van der Waals surface area contributed by atoms with E-state index in [4.69, 9.17) is 0 Å². The Morgan fingerprint density at radius 3 is 2.58 bits per heavy atom. The molecule has 0 bridgehead atoms. The normalized spacial score (nSPS) is 14.4. The van der Waals surface area contributed by atoms with Crippen LogP contribution in [-0.2, 0) is 17.4 Å². The van der Waals surface area contributed by atoms with Crippen molar-refractivity contribution in [3.8, 4) is 0 Å². The van der Waals surface area contributed by atoms with Crippen LogP contribution in [-0.4, -0.2) is 18.2 Å². The highest BCUT2D eigenvalue weighted by Gasteiger charge is 2.32. The summed E-state index contributed by atoms with van der Waals surface area (Å²) in [5.74, 6) is 0.189. The lowest BCUT2D eigenvalue weighted by Gasteiger charge is -2.30. The molecule has 3 rings (SSSR count). The van der Waals surface area contributed by atoms with Gasteiger partial charge in [-0.2, -0.15) is 13.2 Å². The zero-order chi connectivity index (χ0) is 17.2. The smallest absolute Gasteiger partial charge is 0.311 e. The van der Waals surface area contributed by atoms with Crippen LogP contribution in [0.5, 0.6) is 0 Å². The number of hydrogen-bond donors (Lipinski definition) is 0. The Balaban J connectivity index is 1.75. The lowest BCUT2D eigenvalue weighted by molar-refractivity contribution is -0.137. The van der Waals surface area contributed by atoms with Gasteiger partial charge in [0.05, 0.1) is 11.3 Å². The number of thioether (sulfide) groups is 1. The topological polar surface area (TPSA) is 20.3 Å². The van der Waals surface area contributed by atoms with Gasteiger partial charge in [0, 0.05) is 17.1 Å². The van der Waals surface area contributed by atoms with E-state index in [2.05, 4.69) is 0 Å². The van der Waals surface area contributed by atoms with Gasteiger partial charge >= 0.3 is 6.18 Å². The van der Waals surface area contributed by atoms with Crippen LogP contribution in [0.1, 0.15) is 17.5 Å². The van der Waals surface area contributed by atoms with Crippen molar-refractivity contribution in [3.05, 3.63) is 59.7 Å². The van der Waals surface area contributed by atoms with Gasteiger partial charge in [-0.3, -0.25) is 4.79 Å². The number of anilines is 1. The van der Waals surface area contributed by atoms with Crippen molar-refractivity contribution >= 4 is 23.4 Å². The van der Waals surface area contributed by atoms with Crippen molar-refractivity contribution in [2.45, 2.75) is 23.9 Å². The van der Waals surface area contributed by atoms with Crippen LogP contribution in [0.3, 0.4) is 0 Å². The zero-order valence-electron chi connectivity index (χ0n) is 12.8. The van der Waals surface area contributed by atoms with E-state index in [-0.39, 0.29) is 11.7 Å². The van der Waals surface area contributed by atoms with Crippen molar-refractivity contribution in [2.75, 3.05) is 17.2 Å². The average molecular weight is 351 g/mol. The Morgan fingerprint density at radius 1 is 1.12 bits per heavy atom. The number of halogens is 3. The highest BCUT2D eigenvalue weighted by atomic mass is 32.2. The number of fused-ring (bicyclic) bond motifs is 1. The number of carbonyl (C=O) groups excluding carboxylic acids is 1. The van der Waals surface area contributed by atoms with Gasteiger partial charge in [0.2, 0.25) is 5.91 Å². The number of hydrogen-bond acceptors (Lipinski definition) is 2. The minimum atomic E-state index is -4.36. The second-order valence-corrected chi connectivity index (χ2v) is 6.64. The van der Waals surface area contributed by atoms with Crippen LogP contribution >= 0.6 is 11.8 Å². The standard InChI is InChI=1S/C18H16F3NOS/c19-18(20,21)14-8-9-16-13(11-14)5-4-10-22(16)17(23)12-24-15-6-2-1-3-7-15/h1-3,6-9,11H,4-5,10,12H2. The van der Waals surface area contributed by atoms with Crippen molar-refractivity contribution in [2.24, 2.45) is 0 Å². The van der Waals surface area contributed by atoms with Crippen molar-refractivity contribution in [3.63, 3.8) is 0 Å². The second-order valence-electron chi connectivity index (χ2n) is 5.59. The zero-order valence-corrected chi connectivity index (χ0v) is 13.7. The molecule has 126 valence electrons. The summed E-state index contributed by atoms with van der Waals surface area (Å²) in [4.78, 5) is 15.1. The Bertz CT molecular complexity index is 731. The van der Waals surface area contributed by atoms with Gasteiger partial charge < -0.3 is 4.90 Å². The Morgan fingerprint density at radius 2 is 1.88 bits per heavy atom. The summed E-state index contributed by atoms with van der Waals surface area (Å²) >= 11 is 1.43. The summed E-state index contributed by atoms with van der Waals surface area (Å²) in [6.45, 7) is 0.548. The number of rotatable bonds is 3. The maximum absolute atomic E-state index is 12.8. The fourth-order valence-corrected chi connectivity index (χ4v) is 3.57. The predicted molar refractivity (Wildman–Crippen MR) is 89.3 cm³/mol. The first-order valence-corrected chi connectivity index (χ1v) is 8.62. The molecule has 2 nitrogen and oxygen atoms in total. The molecule has 0 radical (unpaired) electrons. The van der Waals surface area contributed by atoms with E-state index in [1.807, 2.05) is 30.3 Å². The molecule has 1 aliphatic rings. The third kappa shape index (κ3) is 3.75. The minimum absolute atomic E-state index is 0.0791. The van der Waals surface area contributed by atoms with Crippen LogP contribution in [0.25, 0.3) is 0 Å². The van der Waals surface area contributed by atoms with Crippen LogP contribution in [0.4, 0.5) is 18.9 Å². The molecular weight excluding hydrogens is 335 g/mol. The van der Waals surface area contributed by atoms with Crippen LogP contribution in [0.2, 0.25) is 0 Å². The number of amides is 1. The first-order valence-electron chi connectivity index (χ1n) is 7.63. The predicted octanol–water partition coefficient (Wildman–Crippen LogP) is 4.78. The molecule has 2 aromatic rings. The molecule has 1 aliphatic heterocycles. The molecule has 0 aliphatic carbocycles. The number of benzene rings is 2. The Hall–Kier alpha value is -1.95. The second kappa shape index (κ2) is 6.89. The van der Waals surface area contributed by atoms with E-state index in [0.717, 1.165) is 11.0 Å². The highest BCUT2D eigenvalue weighted by Crippen LogP contribution is 2.35. The molecule has 0 N–H and O–H groups in total. The largest absolute Gasteiger partial charge is 0.416 e. The first kappa shape index (κ1) is 16.9. The van der Waals surface area contributed by atoms with Crippen LogP contribution in [0.15, 0.2) is 53.4 Å². The molecule has 0 saturated carbocycles. The van der Waals surface area contributed by atoms with Gasteiger partial charge in [0.1, 0.15) is 0 Å². The minimum Gasteiger partial charge on any atom is -0.311 e. The number of carbonyl (C=O) groups is 1. The van der Waals surface area contributed by atoms with E-state index < -0.39 is 11.7 Å². The molecule has 24 heavy (non-hydrogen) atoms. The molecule has 1 amide bonds.